The van der Waals surface area contributed by atoms with Crippen molar-refractivity contribution in [3.8, 4) is 0 Å². The molecule has 2 aromatic rings. The predicted octanol–water partition coefficient (Wildman–Crippen LogP) is 3.81. The summed E-state index contributed by atoms with van der Waals surface area (Å²) in [7, 11) is 0. The molecular formula is C13H7BrO. The molecule has 0 bridgehead atoms. The predicted molar refractivity (Wildman–Crippen MR) is 65.0 cm³/mol. The van der Waals surface area contributed by atoms with Crippen LogP contribution in [0, 0.1) is 0 Å². The zero-order valence-electron chi connectivity index (χ0n) is 7.83. The van der Waals surface area contributed by atoms with E-state index in [1.165, 1.54) is 0 Å². The minimum absolute atomic E-state index is 0.0930. The standard InChI is InChI=1S/C13H7BrO/c14-10-6-8-2-1-3-11-12(15)5-4-9(7-10)13(8)11/h1-7H. The van der Waals surface area contributed by atoms with Crippen molar-refractivity contribution in [1.82, 2.24) is 0 Å². The van der Waals surface area contributed by atoms with Crippen LogP contribution in [0.1, 0.15) is 15.9 Å². The zero-order valence-corrected chi connectivity index (χ0v) is 9.41. The van der Waals surface area contributed by atoms with Gasteiger partial charge in [0.2, 0.25) is 0 Å². The smallest absolute Gasteiger partial charge is 0.186 e. The van der Waals surface area contributed by atoms with Crippen LogP contribution in [0.25, 0.3) is 16.8 Å². The van der Waals surface area contributed by atoms with E-state index >= 15 is 0 Å². The van der Waals surface area contributed by atoms with E-state index in [-0.39, 0.29) is 5.78 Å². The Hall–Kier alpha value is -1.41. The first-order valence-corrected chi connectivity index (χ1v) is 5.50. The number of hydrogen-bond donors (Lipinski definition) is 0. The molecule has 0 spiro atoms. The van der Waals surface area contributed by atoms with Crippen LogP contribution in [0.15, 0.2) is 40.9 Å². The maximum atomic E-state index is 11.7. The molecule has 1 aliphatic carbocycles. The van der Waals surface area contributed by atoms with E-state index in [2.05, 4.69) is 15.9 Å². The van der Waals surface area contributed by atoms with Crippen LogP contribution in [-0.4, -0.2) is 5.78 Å². The first-order valence-electron chi connectivity index (χ1n) is 4.70. The molecule has 0 heterocycles. The van der Waals surface area contributed by atoms with Gasteiger partial charge in [0.1, 0.15) is 0 Å². The molecule has 2 heteroatoms. The average Bonchev–Trinajstić information content (AvgIpc) is 2.23. The highest BCUT2D eigenvalue weighted by molar-refractivity contribution is 9.10. The van der Waals surface area contributed by atoms with Crippen LogP contribution in [0.2, 0.25) is 0 Å². The van der Waals surface area contributed by atoms with Crippen molar-refractivity contribution in [1.29, 1.82) is 0 Å². The monoisotopic (exact) mass is 258 g/mol. The number of halogens is 1. The molecule has 0 aromatic heterocycles. The first kappa shape index (κ1) is 8.86. The van der Waals surface area contributed by atoms with Gasteiger partial charge >= 0.3 is 0 Å². The summed E-state index contributed by atoms with van der Waals surface area (Å²) in [6, 6.07) is 9.90. The van der Waals surface area contributed by atoms with Gasteiger partial charge < -0.3 is 0 Å². The van der Waals surface area contributed by atoms with E-state index in [9.17, 15) is 4.79 Å². The fourth-order valence-corrected chi connectivity index (χ4v) is 2.51. The zero-order chi connectivity index (χ0) is 10.4. The van der Waals surface area contributed by atoms with Crippen LogP contribution in [0.3, 0.4) is 0 Å². The maximum Gasteiger partial charge on any atom is 0.186 e. The number of ketones is 1. The molecule has 0 amide bonds. The van der Waals surface area contributed by atoms with Gasteiger partial charge in [0.05, 0.1) is 0 Å². The van der Waals surface area contributed by atoms with Gasteiger partial charge in [-0.05, 0) is 29.2 Å². The van der Waals surface area contributed by atoms with Crippen molar-refractivity contribution >= 4 is 38.6 Å². The molecule has 0 saturated carbocycles. The van der Waals surface area contributed by atoms with Gasteiger partial charge in [-0.2, -0.15) is 0 Å². The quantitative estimate of drug-likeness (QED) is 0.703. The summed E-state index contributed by atoms with van der Waals surface area (Å²) >= 11 is 3.47. The van der Waals surface area contributed by atoms with Gasteiger partial charge in [0.15, 0.2) is 5.78 Å². The van der Waals surface area contributed by atoms with Gasteiger partial charge in [0.25, 0.3) is 0 Å². The second kappa shape index (κ2) is 3.04. The summed E-state index contributed by atoms with van der Waals surface area (Å²) in [6.45, 7) is 0. The van der Waals surface area contributed by atoms with Crippen LogP contribution >= 0.6 is 15.9 Å². The number of hydrogen-bond acceptors (Lipinski definition) is 1. The Bertz CT molecular complexity index is 611. The fraction of sp³-hybridized carbons (Fsp3) is 0. The van der Waals surface area contributed by atoms with E-state index < -0.39 is 0 Å². The molecule has 1 nitrogen and oxygen atoms in total. The van der Waals surface area contributed by atoms with Crippen LogP contribution in [0.5, 0.6) is 0 Å². The Morgan fingerprint density at radius 1 is 1.07 bits per heavy atom. The van der Waals surface area contributed by atoms with Gasteiger partial charge in [-0.3, -0.25) is 4.79 Å². The lowest BCUT2D eigenvalue weighted by molar-refractivity contribution is 0.104. The van der Waals surface area contributed by atoms with Gasteiger partial charge in [-0.15, -0.1) is 0 Å². The molecule has 0 N–H and O–H groups in total. The molecular weight excluding hydrogens is 252 g/mol. The molecule has 0 radical (unpaired) electrons. The molecule has 3 rings (SSSR count). The molecule has 72 valence electrons. The molecule has 1 aliphatic rings. The Morgan fingerprint density at radius 2 is 1.93 bits per heavy atom. The van der Waals surface area contributed by atoms with Crippen LogP contribution < -0.4 is 0 Å². The summed E-state index contributed by atoms with van der Waals surface area (Å²) < 4.78 is 1.04. The third-order valence-corrected chi connectivity index (χ3v) is 3.11. The maximum absolute atomic E-state index is 11.7. The van der Waals surface area contributed by atoms with Crippen molar-refractivity contribution in [2.24, 2.45) is 0 Å². The SMILES string of the molecule is O=C1C=Cc2cc(Br)cc3cccc1c23. The van der Waals surface area contributed by atoms with Gasteiger partial charge in [-0.1, -0.05) is 40.2 Å². The van der Waals surface area contributed by atoms with Crippen molar-refractivity contribution < 1.29 is 4.79 Å². The highest BCUT2D eigenvalue weighted by atomic mass is 79.9. The summed E-state index contributed by atoms with van der Waals surface area (Å²) in [4.78, 5) is 11.7. The van der Waals surface area contributed by atoms with E-state index in [0.717, 1.165) is 26.4 Å². The third kappa shape index (κ3) is 1.25. The number of allylic oxidation sites excluding steroid dienone is 1. The Labute approximate surface area is 95.5 Å². The Morgan fingerprint density at radius 3 is 2.80 bits per heavy atom. The van der Waals surface area contributed by atoms with Crippen molar-refractivity contribution in [3.05, 3.63) is 52.0 Å². The second-order valence-corrected chi connectivity index (χ2v) is 4.51. The summed E-state index contributed by atoms with van der Waals surface area (Å²) in [5.41, 5.74) is 1.91. The largest absolute Gasteiger partial charge is 0.289 e. The molecule has 0 fully saturated rings. The minimum Gasteiger partial charge on any atom is -0.289 e. The normalized spacial score (nSPS) is 13.5. The molecule has 0 atom stereocenters. The third-order valence-electron chi connectivity index (χ3n) is 2.65. The fourth-order valence-electron chi connectivity index (χ4n) is 2.02. The average molecular weight is 259 g/mol. The lowest BCUT2D eigenvalue weighted by Gasteiger charge is -2.11. The summed E-state index contributed by atoms with van der Waals surface area (Å²) in [5, 5.41) is 2.17. The van der Waals surface area contributed by atoms with Gasteiger partial charge in [0, 0.05) is 15.4 Å². The molecule has 0 aliphatic heterocycles. The topological polar surface area (TPSA) is 17.1 Å². The van der Waals surface area contributed by atoms with E-state index in [0.29, 0.717) is 0 Å². The highest BCUT2D eigenvalue weighted by Crippen LogP contribution is 2.31. The molecule has 15 heavy (non-hydrogen) atoms. The van der Waals surface area contributed by atoms with Crippen LogP contribution in [-0.2, 0) is 0 Å². The van der Waals surface area contributed by atoms with Crippen molar-refractivity contribution in [2.75, 3.05) is 0 Å². The number of rotatable bonds is 0. The highest BCUT2D eigenvalue weighted by Gasteiger charge is 2.14. The van der Waals surface area contributed by atoms with E-state index in [1.807, 2.05) is 36.4 Å². The minimum atomic E-state index is 0.0930. The second-order valence-electron chi connectivity index (χ2n) is 3.60. The number of carbonyl (C=O) groups is 1. The van der Waals surface area contributed by atoms with Gasteiger partial charge in [-0.25, -0.2) is 0 Å². The van der Waals surface area contributed by atoms with Crippen molar-refractivity contribution in [3.63, 3.8) is 0 Å². The lowest BCUT2D eigenvalue weighted by Crippen LogP contribution is -2.01. The molecule has 0 unspecified atom stereocenters. The van der Waals surface area contributed by atoms with Crippen molar-refractivity contribution in [2.45, 2.75) is 0 Å². The number of carbonyl (C=O) groups excluding carboxylic acids is 1. The lowest BCUT2D eigenvalue weighted by atomic mass is 9.92. The molecule has 0 saturated heterocycles. The van der Waals surface area contributed by atoms with Crippen LogP contribution in [0.4, 0.5) is 0 Å². The first-order chi connectivity index (χ1) is 7.25. The Kier molecular flexibility index (Phi) is 1.80. The summed E-state index contributed by atoms with van der Waals surface area (Å²) in [5.74, 6) is 0.0930. The number of benzene rings is 2. The van der Waals surface area contributed by atoms with E-state index in [4.69, 9.17) is 0 Å². The molecule has 2 aromatic carbocycles. The van der Waals surface area contributed by atoms with E-state index in [1.54, 1.807) is 6.08 Å². The summed E-state index contributed by atoms with van der Waals surface area (Å²) in [6.07, 6.45) is 3.51. The Balaban J connectivity index is 2.56.